The highest BCUT2D eigenvalue weighted by Crippen LogP contribution is 2.30. The van der Waals surface area contributed by atoms with Gasteiger partial charge >= 0.3 is 0 Å². The highest BCUT2D eigenvalue weighted by molar-refractivity contribution is 9.10. The lowest BCUT2D eigenvalue weighted by atomic mass is 9.94. The smallest absolute Gasteiger partial charge is 0.137 e. The topological polar surface area (TPSA) is 24.9 Å². The lowest BCUT2D eigenvalue weighted by molar-refractivity contribution is 0.617. The molecule has 4 heteroatoms. The third-order valence-electron chi connectivity index (χ3n) is 3.59. The summed E-state index contributed by atoms with van der Waals surface area (Å²) in [6.45, 7) is 0. The first kappa shape index (κ1) is 14.2. The van der Waals surface area contributed by atoms with E-state index in [1.54, 1.807) is 12.3 Å². The van der Waals surface area contributed by atoms with Gasteiger partial charge in [-0.05, 0) is 57.7 Å². The van der Waals surface area contributed by atoms with Gasteiger partial charge in [0.05, 0.1) is 10.5 Å². The summed E-state index contributed by atoms with van der Waals surface area (Å²) in [5.74, 6) is -0.254. The van der Waals surface area contributed by atoms with Gasteiger partial charge < -0.3 is 5.32 Å². The third kappa shape index (κ3) is 2.69. The molecule has 1 N–H and O–H groups in total. The van der Waals surface area contributed by atoms with Crippen LogP contribution >= 0.6 is 15.9 Å². The molecule has 0 aliphatic rings. The van der Waals surface area contributed by atoms with E-state index in [0.29, 0.717) is 4.47 Å². The van der Waals surface area contributed by atoms with Gasteiger partial charge in [0.15, 0.2) is 0 Å². The molecule has 1 aromatic heterocycles. The Labute approximate surface area is 131 Å². The number of aromatic nitrogens is 1. The molecule has 1 atom stereocenters. The monoisotopic (exact) mass is 344 g/mol. The molecule has 0 saturated carbocycles. The van der Waals surface area contributed by atoms with Crippen LogP contribution in [0.5, 0.6) is 0 Å². The minimum Gasteiger partial charge on any atom is -0.309 e. The zero-order valence-corrected chi connectivity index (χ0v) is 13.1. The normalized spacial score (nSPS) is 12.5. The Morgan fingerprint density at radius 1 is 1.19 bits per heavy atom. The van der Waals surface area contributed by atoms with Crippen molar-refractivity contribution in [3.8, 4) is 0 Å². The minimum absolute atomic E-state index is 0.00648. The Hall–Kier alpha value is -1.78. The highest BCUT2D eigenvalue weighted by Gasteiger charge is 2.15. The van der Waals surface area contributed by atoms with Crippen LogP contribution in [0.4, 0.5) is 4.39 Å². The zero-order valence-electron chi connectivity index (χ0n) is 11.5. The van der Waals surface area contributed by atoms with Crippen molar-refractivity contribution in [3.05, 3.63) is 76.3 Å². The van der Waals surface area contributed by atoms with Crippen LogP contribution in [-0.4, -0.2) is 12.0 Å². The fourth-order valence-electron chi connectivity index (χ4n) is 2.59. The van der Waals surface area contributed by atoms with E-state index in [0.717, 1.165) is 21.9 Å². The molecule has 0 bridgehead atoms. The van der Waals surface area contributed by atoms with Crippen LogP contribution in [0, 0.1) is 5.82 Å². The molecular weight excluding hydrogens is 331 g/mol. The average molecular weight is 345 g/mol. The van der Waals surface area contributed by atoms with E-state index in [1.165, 1.54) is 6.07 Å². The Balaban J connectivity index is 2.16. The number of hydrogen-bond acceptors (Lipinski definition) is 2. The molecule has 3 rings (SSSR count). The molecule has 2 aromatic carbocycles. The van der Waals surface area contributed by atoms with Crippen LogP contribution in [0.25, 0.3) is 10.8 Å². The van der Waals surface area contributed by atoms with E-state index in [9.17, 15) is 4.39 Å². The van der Waals surface area contributed by atoms with Gasteiger partial charge in [0.2, 0.25) is 0 Å². The summed E-state index contributed by atoms with van der Waals surface area (Å²) in [5.41, 5.74) is 2.16. The number of nitrogens with zero attached hydrogens (tertiary/aromatic N) is 1. The summed E-state index contributed by atoms with van der Waals surface area (Å²) in [4.78, 5) is 4.16. The second kappa shape index (κ2) is 5.92. The van der Waals surface area contributed by atoms with Gasteiger partial charge in [-0.25, -0.2) is 4.39 Å². The van der Waals surface area contributed by atoms with Crippen molar-refractivity contribution in [1.29, 1.82) is 0 Å². The van der Waals surface area contributed by atoms with Gasteiger partial charge in [-0.2, -0.15) is 0 Å². The molecule has 2 nitrogen and oxygen atoms in total. The van der Waals surface area contributed by atoms with Crippen molar-refractivity contribution in [3.63, 3.8) is 0 Å². The molecule has 0 aliphatic heterocycles. The van der Waals surface area contributed by atoms with Crippen molar-refractivity contribution in [2.24, 2.45) is 0 Å². The second-order valence-electron chi connectivity index (χ2n) is 4.84. The first-order chi connectivity index (χ1) is 10.2. The molecule has 0 spiro atoms. The Morgan fingerprint density at radius 2 is 2.05 bits per heavy atom. The SMILES string of the molecule is CNC(c1ccc(F)c(Br)c1)c1cccc2cnccc12. The van der Waals surface area contributed by atoms with Crippen LogP contribution in [0.2, 0.25) is 0 Å². The van der Waals surface area contributed by atoms with Gasteiger partial charge in [-0.1, -0.05) is 24.3 Å². The number of benzene rings is 2. The van der Waals surface area contributed by atoms with Crippen LogP contribution in [0.3, 0.4) is 0 Å². The number of fused-ring (bicyclic) bond motifs is 1. The van der Waals surface area contributed by atoms with E-state index in [-0.39, 0.29) is 11.9 Å². The Morgan fingerprint density at radius 3 is 2.81 bits per heavy atom. The summed E-state index contributed by atoms with van der Waals surface area (Å²) in [6, 6.07) is 13.2. The molecule has 0 fully saturated rings. The minimum atomic E-state index is -0.254. The van der Waals surface area contributed by atoms with Crippen molar-refractivity contribution in [2.75, 3.05) is 7.05 Å². The fourth-order valence-corrected chi connectivity index (χ4v) is 2.99. The summed E-state index contributed by atoms with van der Waals surface area (Å²) in [6.07, 6.45) is 3.64. The molecule has 0 amide bonds. The van der Waals surface area contributed by atoms with E-state index >= 15 is 0 Å². The largest absolute Gasteiger partial charge is 0.309 e. The molecule has 21 heavy (non-hydrogen) atoms. The molecule has 0 radical (unpaired) electrons. The van der Waals surface area contributed by atoms with E-state index < -0.39 is 0 Å². The molecule has 1 unspecified atom stereocenters. The molecule has 3 aromatic rings. The summed E-state index contributed by atoms with van der Waals surface area (Å²) in [7, 11) is 1.90. The number of pyridine rings is 1. The third-order valence-corrected chi connectivity index (χ3v) is 4.20. The maximum Gasteiger partial charge on any atom is 0.137 e. The molecule has 0 saturated heterocycles. The Bertz CT molecular complexity index is 783. The predicted molar refractivity (Wildman–Crippen MR) is 86.7 cm³/mol. The number of rotatable bonds is 3. The Kier molecular flexibility index (Phi) is 3.99. The summed E-state index contributed by atoms with van der Waals surface area (Å²) < 4.78 is 13.9. The van der Waals surface area contributed by atoms with Gasteiger partial charge in [0.25, 0.3) is 0 Å². The van der Waals surface area contributed by atoms with Crippen molar-refractivity contribution >= 4 is 26.7 Å². The van der Waals surface area contributed by atoms with E-state index in [4.69, 9.17) is 0 Å². The van der Waals surface area contributed by atoms with Crippen molar-refractivity contribution in [2.45, 2.75) is 6.04 Å². The first-order valence-corrected chi connectivity index (χ1v) is 7.45. The highest BCUT2D eigenvalue weighted by atomic mass is 79.9. The summed E-state index contributed by atoms with van der Waals surface area (Å²) in [5, 5.41) is 5.55. The van der Waals surface area contributed by atoms with Gasteiger partial charge in [-0.3, -0.25) is 4.98 Å². The zero-order chi connectivity index (χ0) is 14.8. The average Bonchev–Trinajstić information content (AvgIpc) is 2.52. The predicted octanol–water partition coefficient (Wildman–Crippen LogP) is 4.45. The molecule has 0 aliphatic carbocycles. The molecule has 106 valence electrons. The fraction of sp³-hybridized carbons (Fsp3) is 0.118. The van der Waals surface area contributed by atoms with Crippen molar-refractivity contribution < 1.29 is 4.39 Å². The standard InChI is InChI=1S/C17H14BrFN2/c1-20-17(11-5-6-16(19)15(18)9-11)14-4-2-3-12-10-21-8-7-13(12)14/h2-10,17,20H,1H3. The number of hydrogen-bond donors (Lipinski definition) is 1. The molecular formula is C17H14BrFN2. The number of nitrogens with one attached hydrogen (secondary N) is 1. The maximum atomic E-state index is 13.4. The quantitative estimate of drug-likeness (QED) is 0.759. The van der Waals surface area contributed by atoms with Gasteiger partial charge in [-0.15, -0.1) is 0 Å². The molecule has 1 heterocycles. The van der Waals surface area contributed by atoms with Crippen LogP contribution in [0.15, 0.2) is 59.3 Å². The van der Waals surface area contributed by atoms with Crippen molar-refractivity contribution in [1.82, 2.24) is 10.3 Å². The van der Waals surface area contributed by atoms with E-state index in [2.05, 4.69) is 32.3 Å². The lowest BCUT2D eigenvalue weighted by Gasteiger charge is -2.19. The van der Waals surface area contributed by atoms with E-state index in [1.807, 2.05) is 37.5 Å². The van der Waals surface area contributed by atoms with Crippen LogP contribution < -0.4 is 5.32 Å². The van der Waals surface area contributed by atoms with Gasteiger partial charge in [0.1, 0.15) is 5.82 Å². The second-order valence-corrected chi connectivity index (χ2v) is 5.69. The number of halogens is 2. The first-order valence-electron chi connectivity index (χ1n) is 6.65. The summed E-state index contributed by atoms with van der Waals surface area (Å²) >= 11 is 3.25. The van der Waals surface area contributed by atoms with Gasteiger partial charge in [0, 0.05) is 17.8 Å². The maximum absolute atomic E-state index is 13.4. The van der Waals surface area contributed by atoms with Crippen LogP contribution in [-0.2, 0) is 0 Å². The lowest BCUT2D eigenvalue weighted by Crippen LogP contribution is -2.18. The van der Waals surface area contributed by atoms with Crippen LogP contribution in [0.1, 0.15) is 17.2 Å².